The maximum Gasteiger partial charge on any atom is 0.263 e. The Balaban J connectivity index is 2.38. The summed E-state index contributed by atoms with van der Waals surface area (Å²) in [5.41, 5.74) is 5.22. The molecule has 0 saturated carbocycles. The zero-order chi connectivity index (χ0) is 16.3. The van der Waals surface area contributed by atoms with Crippen LogP contribution in [0.1, 0.15) is 10.4 Å². The van der Waals surface area contributed by atoms with Gasteiger partial charge in [-0.1, -0.05) is 11.6 Å². The Labute approximate surface area is 132 Å². The van der Waals surface area contributed by atoms with E-state index in [-0.39, 0.29) is 27.0 Å². The molecule has 1 heterocycles. The van der Waals surface area contributed by atoms with E-state index in [0.29, 0.717) is 0 Å². The predicted octanol–water partition coefficient (Wildman–Crippen LogP) is 1.64. The van der Waals surface area contributed by atoms with Gasteiger partial charge in [-0.25, -0.2) is 13.4 Å². The Morgan fingerprint density at radius 1 is 1.32 bits per heavy atom. The molecular weight excluding hydrogens is 330 g/mol. The molecule has 0 aliphatic rings. The molecule has 0 radical (unpaired) electrons. The monoisotopic (exact) mass is 341 g/mol. The van der Waals surface area contributed by atoms with E-state index in [9.17, 15) is 13.2 Å². The average Bonchev–Trinajstić information content (AvgIpc) is 2.48. The number of ether oxygens (including phenoxy) is 1. The minimum absolute atomic E-state index is 0.0301. The van der Waals surface area contributed by atoms with Gasteiger partial charge >= 0.3 is 0 Å². The Hall–Kier alpha value is -2.32. The van der Waals surface area contributed by atoms with Crippen LogP contribution in [0.2, 0.25) is 5.02 Å². The number of hydrogen-bond donors (Lipinski definition) is 2. The highest BCUT2D eigenvalue weighted by molar-refractivity contribution is 7.92. The van der Waals surface area contributed by atoms with Crippen molar-refractivity contribution in [2.45, 2.75) is 4.90 Å². The van der Waals surface area contributed by atoms with Gasteiger partial charge in [-0.2, -0.15) is 0 Å². The quantitative estimate of drug-likeness (QED) is 0.858. The van der Waals surface area contributed by atoms with Crippen molar-refractivity contribution < 1.29 is 17.9 Å². The van der Waals surface area contributed by atoms with Crippen molar-refractivity contribution >= 4 is 33.2 Å². The third-order valence-electron chi connectivity index (χ3n) is 2.72. The van der Waals surface area contributed by atoms with E-state index in [1.165, 1.54) is 37.4 Å². The fourth-order valence-electron chi connectivity index (χ4n) is 1.66. The van der Waals surface area contributed by atoms with Crippen molar-refractivity contribution in [3.63, 3.8) is 0 Å². The molecule has 22 heavy (non-hydrogen) atoms. The van der Waals surface area contributed by atoms with Crippen molar-refractivity contribution in [2.75, 3.05) is 11.8 Å². The number of benzene rings is 1. The molecule has 0 fully saturated rings. The SMILES string of the molecule is COc1ccc(S(=O)(=O)Nc2ccc(Cl)cc2C(N)=O)cn1. The summed E-state index contributed by atoms with van der Waals surface area (Å²) >= 11 is 5.77. The largest absolute Gasteiger partial charge is 0.481 e. The first-order valence-electron chi connectivity index (χ1n) is 5.95. The van der Waals surface area contributed by atoms with Crippen LogP contribution in [0.3, 0.4) is 0 Å². The van der Waals surface area contributed by atoms with Crippen molar-refractivity contribution in [1.29, 1.82) is 0 Å². The maximum atomic E-state index is 12.3. The van der Waals surface area contributed by atoms with E-state index < -0.39 is 15.9 Å². The van der Waals surface area contributed by atoms with Gasteiger partial charge in [0.25, 0.3) is 15.9 Å². The first kappa shape index (κ1) is 16.1. The molecule has 1 amide bonds. The Morgan fingerprint density at radius 3 is 2.59 bits per heavy atom. The highest BCUT2D eigenvalue weighted by atomic mass is 35.5. The molecule has 1 aromatic carbocycles. The maximum absolute atomic E-state index is 12.3. The number of aromatic nitrogens is 1. The van der Waals surface area contributed by atoms with Gasteiger partial charge in [0.05, 0.1) is 24.6 Å². The lowest BCUT2D eigenvalue weighted by atomic mass is 10.2. The van der Waals surface area contributed by atoms with Crippen LogP contribution in [0.4, 0.5) is 5.69 Å². The van der Waals surface area contributed by atoms with Gasteiger partial charge < -0.3 is 10.5 Å². The molecule has 0 atom stereocenters. The third kappa shape index (κ3) is 3.46. The minimum atomic E-state index is -3.93. The van der Waals surface area contributed by atoms with E-state index in [1.807, 2.05) is 0 Å². The fourth-order valence-corrected chi connectivity index (χ4v) is 2.86. The summed E-state index contributed by atoms with van der Waals surface area (Å²) < 4.78 is 31.7. The molecule has 0 bridgehead atoms. The van der Waals surface area contributed by atoms with Crippen LogP contribution in [0, 0.1) is 0 Å². The summed E-state index contributed by atoms with van der Waals surface area (Å²) in [6.45, 7) is 0. The number of carbonyl (C=O) groups excluding carboxylic acids is 1. The van der Waals surface area contributed by atoms with Crippen LogP contribution in [-0.4, -0.2) is 26.4 Å². The molecule has 9 heteroatoms. The normalized spacial score (nSPS) is 11.0. The molecule has 0 saturated heterocycles. The van der Waals surface area contributed by atoms with Gasteiger partial charge in [-0.05, 0) is 24.3 Å². The Bertz CT molecular complexity index is 807. The summed E-state index contributed by atoms with van der Waals surface area (Å²) in [5.74, 6) is -0.517. The number of methoxy groups -OCH3 is 1. The van der Waals surface area contributed by atoms with Gasteiger partial charge in [-0.15, -0.1) is 0 Å². The van der Waals surface area contributed by atoms with Crippen molar-refractivity contribution in [3.8, 4) is 5.88 Å². The number of primary amides is 1. The smallest absolute Gasteiger partial charge is 0.263 e. The number of sulfonamides is 1. The molecular formula is C13H12ClN3O4S. The molecule has 0 aliphatic heterocycles. The second-order valence-electron chi connectivity index (χ2n) is 4.20. The molecule has 1 aromatic heterocycles. The molecule has 0 spiro atoms. The molecule has 7 nitrogen and oxygen atoms in total. The van der Waals surface area contributed by atoms with Gasteiger partial charge in [0, 0.05) is 11.1 Å². The van der Waals surface area contributed by atoms with Crippen LogP contribution in [0.5, 0.6) is 5.88 Å². The minimum Gasteiger partial charge on any atom is -0.481 e. The number of carbonyl (C=O) groups is 1. The second kappa shape index (κ2) is 6.20. The molecule has 116 valence electrons. The van der Waals surface area contributed by atoms with E-state index in [4.69, 9.17) is 22.1 Å². The number of nitrogens with zero attached hydrogens (tertiary/aromatic N) is 1. The molecule has 0 unspecified atom stereocenters. The van der Waals surface area contributed by atoms with Crippen LogP contribution in [0.25, 0.3) is 0 Å². The number of rotatable bonds is 5. The van der Waals surface area contributed by atoms with Crippen LogP contribution in [0.15, 0.2) is 41.4 Å². The summed E-state index contributed by atoms with van der Waals surface area (Å²) in [4.78, 5) is 15.1. The zero-order valence-electron chi connectivity index (χ0n) is 11.4. The van der Waals surface area contributed by atoms with Crippen molar-refractivity contribution in [1.82, 2.24) is 4.98 Å². The van der Waals surface area contributed by atoms with Gasteiger partial charge in [0.2, 0.25) is 5.88 Å². The molecule has 2 aromatic rings. The van der Waals surface area contributed by atoms with Crippen molar-refractivity contribution in [2.24, 2.45) is 5.73 Å². The van der Waals surface area contributed by atoms with Gasteiger partial charge in [-0.3, -0.25) is 9.52 Å². The van der Waals surface area contributed by atoms with E-state index in [2.05, 4.69) is 9.71 Å². The highest BCUT2D eigenvalue weighted by Gasteiger charge is 2.18. The van der Waals surface area contributed by atoms with E-state index >= 15 is 0 Å². The summed E-state index contributed by atoms with van der Waals surface area (Å²) in [5, 5.41) is 0.267. The summed E-state index contributed by atoms with van der Waals surface area (Å²) in [6, 6.07) is 6.82. The highest BCUT2D eigenvalue weighted by Crippen LogP contribution is 2.23. The topological polar surface area (TPSA) is 111 Å². The molecule has 0 aliphatic carbocycles. The summed E-state index contributed by atoms with van der Waals surface area (Å²) in [7, 11) is -2.51. The van der Waals surface area contributed by atoms with E-state index in [0.717, 1.165) is 6.20 Å². The lowest BCUT2D eigenvalue weighted by molar-refractivity contribution is 0.100. The summed E-state index contributed by atoms with van der Waals surface area (Å²) in [6.07, 6.45) is 1.14. The number of anilines is 1. The lowest BCUT2D eigenvalue weighted by Gasteiger charge is -2.11. The number of halogens is 1. The standard InChI is InChI=1S/C13H12ClN3O4S/c1-21-12-5-3-9(7-16-12)22(19,20)17-11-4-2-8(14)6-10(11)13(15)18/h2-7,17H,1H3,(H2,15,18). The first-order valence-corrected chi connectivity index (χ1v) is 7.82. The number of pyridine rings is 1. The second-order valence-corrected chi connectivity index (χ2v) is 6.31. The number of nitrogens with two attached hydrogens (primary N) is 1. The lowest BCUT2D eigenvalue weighted by Crippen LogP contribution is -2.18. The van der Waals surface area contributed by atoms with Gasteiger partial charge in [0.1, 0.15) is 4.90 Å². The first-order chi connectivity index (χ1) is 10.3. The number of amides is 1. The fraction of sp³-hybridized carbons (Fsp3) is 0.0769. The van der Waals surface area contributed by atoms with Crippen LogP contribution in [-0.2, 0) is 10.0 Å². The average molecular weight is 342 g/mol. The predicted molar refractivity (Wildman–Crippen MR) is 81.6 cm³/mol. The Morgan fingerprint density at radius 2 is 2.05 bits per heavy atom. The van der Waals surface area contributed by atoms with Crippen LogP contribution >= 0.6 is 11.6 Å². The Kier molecular flexibility index (Phi) is 4.53. The zero-order valence-corrected chi connectivity index (χ0v) is 13.0. The molecule has 3 N–H and O–H groups in total. The molecule has 2 rings (SSSR count). The van der Waals surface area contributed by atoms with Crippen LogP contribution < -0.4 is 15.2 Å². The van der Waals surface area contributed by atoms with E-state index in [1.54, 1.807) is 0 Å². The number of nitrogens with one attached hydrogen (secondary N) is 1. The third-order valence-corrected chi connectivity index (χ3v) is 4.31. The van der Waals surface area contributed by atoms with Gasteiger partial charge in [0.15, 0.2) is 0 Å². The number of hydrogen-bond acceptors (Lipinski definition) is 5. The van der Waals surface area contributed by atoms with Crippen molar-refractivity contribution in [3.05, 3.63) is 47.1 Å².